The Morgan fingerprint density at radius 1 is 0.438 bits per heavy atom. The second-order valence-electron chi connectivity index (χ2n) is 7.25. The minimum atomic E-state index is 0.783. The molecule has 0 radical (unpaired) electrons. The maximum Gasteiger partial charge on any atom is 0.127 e. The van der Waals surface area contributed by atoms with E-state index in [1.54, 1.807) is 0 Å². The molecule has 4 rings (SSSR count). The van der Waals surface area contributed by atoms with Crippen LogP contribution in [0.4, 0.5) is 0 Å². The van der Waals surface area contributed by atoms with E-state index in [1.165, 1.54) is 0 Å². The summed E-state index contributed by atoms with van der Waals surface area (Å²) in [6.07, 6.45) is 0. The summed E-state index contributed by atoms with van der Waals surface area (Å²) in [5.74, 6) is 3.19. The van der Waals surface area contributed by atoms with Crippen LogP contribution in [0.15, 0.2) is 119 Å². The lowest BCUT2D eigenvalue weighted by atomic mass is 10.1. The molecule has 0 fully saturated rings. The van der Waals surface area contributed by atoms with Gasteiger partial charge in [-0.3, -0.25) is 0 Å². The zero-order chi connectivity index (χ0) is 22.2. The van der Waals surface area contributed by atoms with Crippen LogP contribution in [0, 0.1) is 0 Å². The van der Waals surface area contributed by atoms with Gasteiger partial charge in [0.25, 0.3) is 0 Å². The first-order valence-electron chi connectivity index (χ1n) is 10.4. The maximum absolute atomic E-state index is 5.84. The van der Waals surface area contributed by atoms with Crippen LogP contribution >= 0.6 is 0 Å². The lowest BCUT2D eigenvalue weighted by molar-refractivity contribution is 0.482. The van der Waals surface area contributed by atoms with Crippen LogP contribution in [-0.2, 0) is 0 Å². The Balaban J connectivity index is 1.40. The van der Waals surface area contributed by atoms with Gasteiger partial charge in [-0.15, -0.1) is 0 Å². The quantitative estimate of drug-likeness (QED) is 0.229. The molecule has 4 heteroatoms. The molecule has 0 saturated heterocycles. The summed E-state index contributed by atoms with van der Waals surface area (Å²) in [6, 6.07) is 35.1. The van der Waals surface area contributed by atoms with Gasteiger partial charge in [-0.2, -0.15) is 10.2 Å². The summed E-state index contributed by atoms with van der Waals surface area (Å²) in [4.78, 5) is 0. The van der Waals surface area contributed by atoms with E-state index in [2.05, 4.69) is 10.2 Å². The molecule has 158 valence electrons. The SMILES string of the molecule is C/C(=N\N=C(/C)c1ccc(Oc2ccccc2)cc1)c1ccc(Oc2ccccc2)cc1. The van der Waals surface area contributed by atoms with E-state index >= 15 is 0 Å². The van der Waals surface area contributed by atoms with Crippen molar-refractivity contribution in [2.75, 3.05) is 0 Å². The predicted octanol–water partition coefficient (Wildman–Crippen LogP) is 7.50. The minimum absolute atomic E-state index is 0.783. The van der Waals surface area contributed by atoms with Crippen LogP contribution in [0.5, 0.6) is 23.0 Å². The van der Waals surface area contributed by atoms with Crippen molar-refractivity contribution in [2.45, 2.75) is 13.8 Å². The molecule has 0 saturated carbocycles. The Morgan fingerprint density at radius 2 is 0.750 bits per heavy atom. The third-order valence-corrected chi connectivity index (χ3v) is 4.85. The normalized spacial score (nSPS) is 11.8. The molecule has 0 spiro atoms. The molecule has 0 atom stereocenters. The molecule has 0 aliphatic rings. The molecule has 32 heavy (non-hydrogen) atoms. The fourth-order valence-electron chi connectivity index (χ4n) is 3.04. The Kier molecular flexibility index (Phi) is 6.73. The summed E-state index contributed by atoms with van der Waals surface area (Å²) in [5.41, 5.74) is 3.65. The molecule has 4 aromatic carbocycles. The van der Waals surface area contributed by atoms with Crippen LogP contribution in [0.2, 0.25) is 0 Å². The van der Waals surface area contributed by atoms with Gasteiger partial charge in [-0.05, 0) is 97.8 Å². The summed E-state index contributed by atoms with van der Waals surface area (Å²) in [7, 11) is 0. The van der Waals surface area contributed by atoms with Gasteiger partial charge >= 0.3 is 0 Å². The number of nitrogens with zero attached hydrogens (tertiary/aromatic N) is 2. The first kappa shape index (κ1) is 21.1. The lowest BCUT2D eigenvalue weighted by Gasteiger charge is -2.07. The number of hydrogen-bond acceptors (Lipinski definition) is 4. The topological polar surface area (TPSA) is 43.2 Å². The molecular formula is C28H24N2O2. The highest BCUT2D eigenvalue weighted by atomic mass is 16.5. The molecule has 0 amide bonds. The fraction of sp³-hybridized carbons (Fsp3) is 0.0714. The Bertz CT molecular complexity index is 1100. The van der Waals surface area contributed by atoms with Gasteiger partial charge < -0.3 is 9.47 Å². The molecule has 0 aliphatic heterocycles. The molecule has 4 aromatic rings. The van der Waals surface area contributed by atoms with Gasteiger partial charge in [0.1, 0.15) is 23.0 Å². The van der Waals surface area contributed by atoms with Crippen molar-refractivity contribution in [3.8, 4) is 23.0 Å². The molecule has 0 N–H and O–H groups in total. The van der Waals surface area contributed by atoms with Crippen molar-refractivity contribution < 1.29 is 9.47 Å². The van der Waals surface area contributed by atoms with Crippen LogP contribution in [0.25, 0.3) is 0 Å². The van der Waals surface area contributed by atoms with E-state index in [9.17, 15) is 0 Å². The summed E-state index contributed by atoms with van der Waals surface area (Å²) >= 11 is 0. The third-order valence-electron chi connectivity index (χ3n) is 4.85. The summed E-state index contributed by atoms with van der Waals surface area (Å²) in [6.45, 7) is 3.89. The van der Waals surface area contributed by atoms with Crippen molar-refractivity contribution in [3.63, 3.8) is 0 Å². The van der Waals surface area contributed by atoms with Gasteiger partial charge in [0.15, 0.2) is 0 Å². The zero-order valence-electron chi connectivity index (χ0n) is 18.1. The van der Waals surface area contributed by atoms with Crippen LogP contribution in [-0.4, -0.2) is 11.4 Å². The molecule has 0 heterocycles. The predicted molar refractivity (Wildman–Crippen MR) is 130 cm³/mol. The van der Waals surface area contributed by atoms with Crippen molar-refractivity contribution in [1.29, 1.82) is 0 Å². The average molecular weight is 421 g/mol. The number of rotatable bonds is 7. The Hall–Kier alpha value is -4.18. The molecule has 0 bridgehead atoms. The van der Waals surface area contributed by atoms with Crippen LogP contribution in [0.3, 0.4) is 0 Å². The number of benzene rings is 4. The molecule has 0 aliphatic carbocycles. The second-order valence-corrected chi connectivity index (χ2v) is 7.25. The van der Waals surface area contributed by atoms with Gasteiger partial charge in [0.05, 0.1) is 11.4 Å². The van der Waals surface area contributed by atoms with Crippen molar-refractivity contribution >= 4 is 11.4 Å². The van der Waals surface area contributed by atoms with Gasteiger partial charge in [-0.25, -0.2) is 0 Å². The maximum atomic E-state index is 5.84. The molecular weight excluding hydrogens is 396 g/mol. The van der Waals surface area contributed by atoms with E-state index in [0.717, 1.165) is 45.5 Å². The minimum Gasteiger partial charge on any atom is -0.457 e. The standard InChI is InChI=1S/C28H24N2O2/c1-21(23-13-17-27(18-14-23)31-25-9-5-3-6-10-25)29-30-22(2)24-15-19-28(20-16-24)32-26-11-7-4-8-12-26/h3-20H,1-2H3/b29-21+,30-22+. The van der Waals surface area contributed by atoms with E-state index < -0.39 is 0 Å². The van der Waals surface area contributed by atoms with Crippen molar-refractivity contribution in [2.24, 2.45) is 10.2 Å². The fourth-order valence-corrected chi connectivity index (χ4v) is 3.04. The van der Waals surface area contributed by atoms with Crippen molar-refractivity contribution in [1.82, 2.24) is 0 Å². The van der Waals surface area contributed by atoms with Gasteiger partial charge in [-0.1, -0.05) is 36.4 Å². The Morgan fingerprint density at radius 3 is 1.09 bits per heavy atom. The molecule has 0 aromatic heterocycles. The highest BCUT2D eigenvalue weighted by Gasteiger charge is 2.02. The second kappa shape index (κ2) is 10.2. The van der Waals surface area contributed by atoms with E-state index in [-0.39, 0.29) is 0 Å². The highest BCUT2D eigenvalue weighted by molar-refractivity contribution is 6.01. The first-order valence-corrected chi connectivity index (χ1v) is 10.4. The van der Waals surface area contributed by atoms with Crippen LogP contribution < -0.4 is 9.47 Å². The van der Waals surface area contributed by atoms with Crippen LogP contribution in [0.1, 0.15) is 25.0 Å². The van der Waals surface area contributed by atoms with E-state index in [4.69, 9.17) is 9.47 Å². The summed E-state index contributed by atoms with van der Waals surface area (Å²) < 4.78 is 11.7. The van der Waals surface area contributed by atoms with Crippen molar-refractivity contribution in [3.05, 3.63) is 120 Å². The van der Waals surface area contributed by atoms with E-state index in [1.807, 2.05) is 123 Å². The van der Waals surface area contributed by atoms with E-state index in [0.29, 0.717) is 0 Å². The van der Waals surface area contributed by atoms with Gasteiger partial charge in [0.2, 0.25) is 0 Å². The Labute approximate surface area is 188 Å². The number of para-hydroxylation sites is 2. The monoisotopic (exact) mass is 420 g/mol. The number of ether oxygens (including phenoxy) is 2. The third kappa shape index (κ3) is 5.70. The van der Waals surface area contributed by atoms with Gasteiger partial charge in [0, 0.05) is 0 Å². The zero-order valence-corrected chi connectivity index (χ0v) is 18.1. The molecule has 0 unspecified atom stereocenters. The summed E-state index contributed by atoms with van der Waals surface area (Å²) in [5, 5.41) is 8.81. The first-order chi connectivity index (χ1) is 15.7. The number of hydrogen-bond donors (Lipinski definition) is 0. The smallest absolute Gasteiger partial charge is 0.127 e. The highest BCUT2D eigenvalue weighted by Crippen LogP contribution is 2.22. The average Bonchev–Trinajstić information content (AvgIpc) is 2.84. The lowest BCUT2D eigenvalue weighted by Crippen LogP contribution is -1.97. The molecule has 4 nitrogen and oxygen atoms in total. The largest absolute Gasteiger partial charge is 0.457 e.